The first-order valence-electron chi connectivity index (χ1n) is 14.6. The number of aryl methyl sites for hydroxylation is 2. The lowest BCUT2D eigenvalue weighted by molar-refractivity contribution is -0.132. The molecule has 11 nitrogen and oxygen atoms in total. The van der Waals surface area contributed by atoms with Crippen LogP contribution in [0.4, 0.5) is 5.13 Å². The van der Waals surface area contributed by atoms with E-state index in [1.807, 2.05) is 30.3 Å². The summed E-state index contributed by atoms with van der Waals surface area (Å²) in [6.07, 6.45) is 3.15. The molecule has 12 heteroatoms. The van der Waals surface area contributed by atoms with Gasteiger partial charge in [-0.2, -0.15) is 0 Å². The molecule has 47 heavy (non-hydrogen) atoms. The number of hydrogen-bond acceptors (Lipinski definition) is 10. The number of ketones is 1. The molecule has 1 saturated heterocycles. The second kappa shape index (κ2) is 12.9. The lowest BCUT2D eigenvalue weighted by Gasteiger charge is -2.24. The number of fused-ring (bicyclic) bond motifs is 1. The van der Waals surface area contributed by atoms with E-state index in [2.05, 4.69) is 16.5 Å². The van der Waals surface area contributed by atoms with E-state index in [0.717, 1.165) is 16.9 Å². The number of amides is 1. The highest BCUT2D eigenvalue weighted by atomic mass is 32.1. The fraction of sp³-hybridized carbons (Fsp3) is 0.171. The molecule has 1 unspecified atom stereocenters. The van der Waals surface area contributed by atoms with Gasteiger partial charge in [-0.25, -0.2) is 14.8 Å². The maximum Gasteiger partial charge on any atom is 0.350 e. The number of rotatable bonds is 10. The summed E-state index contributed by atoms with van der Waals surface area (Å²) in [5, 5.41) is 12.0. The summed E-state index contributed by atoms with van der Waals surface area (Å²) in [5.74, 6) is -2.11. The van der Waals surface area contributed by atoms with Crippen LogP contribution >= 0.6 is 11.3 Å². The molecule has 0 aliphatic carbocycles. The van der Waals surface area contributed by atoms with Crippen molar-refractivity contribution in [2.75, 3.05) is 18.6 Å². The standard InChI is InChI=1S/C35H30N4O7S/c1-5-17-45-34(43)32-21(3)37-35(47-32)39-29(23-14-15-24(25(18-23)44-4)46-19-22-11-7-6-8-12-22)27(31(41)33(39)42)30(40)28-20(2)36-26-13-9-10-16-38(26)28/h5-16,18,29,40H,1,17,19H2,2-4H3. The van der Waals surface area contributed by atoms with Gasteiger partial charge in [0.25, 0.3) is 5.78 Å². The van der Waals surface area contributed by atoms with E-state index >= 15 is 0 Å². The number of pyridine rings is 1. The van der Waals surface area contributed by atoms with Crippen molar-refractivity contribution in [3.63, 3.8) is 0 Å². The van der Waals surface area contributed by atoms with E-state index in [4.69, 9.17) is 14.2 Å². The van der Waals surface area contributed by atoms with Crippen LogP contribution in [0.1, 0.15) is 43.9 Å². The van der Waals surface area contributed by atoms with Crippen LogP contribution < -0.4 is 14.4 Å². The molecule has 0 saturated carbocycles. The van der Waals surface area contributed by atoms with Gasteiger partial charge in [0.05, 0.1) is 30.1 Å². The predicted molar refractivity (Wildman–Crippen MR) is 176 cm³/mol. The smallest absolute Gasteiger partial charge is 0.350 e. The second-order valence-electron chi connectivity index (χ2n) is 10.6. The Morgan fingerprint density at radius 1 is 1.02 bits per heavy atom. The highest BCUT2D eigenvalue weighted by molar-refractivity contribution is 7.17. The fourth-order valence-electron chi connectivity index (χ4n) is 5.46. The number of aliphatic hydroxyl groups is 1. The number of carbonyl (C=O) groups is 3. The van der Waals surface area contributed by atoms with Crippen molar-refractivity contribution in [2.45, 2.75) is 26.5 Å². The molecule has 3 aromatic heterocycles. The zero-order chi connectivity index (χ0) is 33.2. The van der Waals surface area contributed by atoms with Gasteiger partial charge in [0.1, 0.15) is 29.4 Å². The normalized spacial score (nSPS) is 15.6. The number of carbonyl (C=O) groups excluding carboxylic acids is 3. The summed E-state index contributed by atoms with van der Waals surface area (Å²) in [6, 6.07) is 18.8. The first-order chi connectivity index (χ1) is 22.7. The fourth-order valence-corrected chi connectivity index (χ4v) is 6.44. The lowest BCUT2D eigenvalue weighted by atomic mass is 9.96. The third-order valence-corrected chi connectivity index (χ3v) is 8.76. The monoisotopic (exact) mass is 650 g/mol. The van der Waals surface area contributed by atoms with Crippen molar-refractivity contribution in [1.29, 1.82) is 0 Å². The first-order valence-corrected chi connectivity index (χ1v) is 15.4. The second-order valence-corrected chi connectivity index (χ2v) is 11.6. The number of methoxy groups -OCH3 is 1. The van der Waals surface area contributed by atoms with E-state index in [1.165, 1.54) is 18.1 Å². The molecule has 238 valence electrons. The van der Waals surface area contributed by atoms with Crippen molar-refractivity contribution in [2.24, 2.45) is 0 Å². The summed E-state index contributed by atoms with van der Waals surface area (Å²) in [5.41, 5.74) is 2.81. The number of hydrogen-bond donors (Lipinski definition) is 1. The van der Waals surface area contributed by atoms with Gasteiger partial charge in [0.15, 0.2) is 22.4 Å². The summed E-state index contributed by atoms with van der Waals surface area (Å²) >= 11 is 0.910. The van der Waals surface area contributed by atoms with Gasteiger partial charge in [0, 0.05) is 6.20 Å². The Morgan fingerprint density at radius 2 is 1.79 bits per heavy atom. The van der Waals surface area contributed by atoms with Crippen LogP contribution in [0, 0.1) is 13.8 Å². The van der Waals surface area contributed by atoms with Gasteiger partial charge in [-0.05, 0) is 49.2 Å². The first kappa shape index (κ1) is 31.2. The Hall–Kier alpha value is -5.75. The van der Waals surface area contributed by atoms with Crippen LogP contribution in [-0.2, 0) is 20.9 Å². The zero-order valence-corrected chi connectivity index (χ0v) is 26.6. The van der Waals surface area contributed by atoms with Gasteiger partial charge in [-0.15, -0.1) is 0 Å². The molecule has 2 aromatic carbocycles. The maximum atomic E-state index is 13.9. The Labute approximate surface area is 274 Å². The molecule has 0 spiro atoms. The topological polar surface area (TPSA) is 133 Å². The van der Waals surface area contributed by atoms with Gasteiger partial charge in [0.2, 0.25) is 0 Å². The number of imidazole rings is 1. The summed E-state index contributed by atoms with van der Waals surface area (Å²) in [6.45, 7) is 7.16. The summed E-state index contributed by atoms with van der Waals surface area (Å²) in [4.78, 5) is 50.9. The van der Waals surface area contributed by atoms with Crippen molar-refractivity contribution < 1.29 is 33.7 Å². The minimum Gasteiger partial charge on any atom is -0.505 e. The molecule has 1 atom stereocenters. The molecule has 6 rings (SSSR count). The van der Waals surface area contributed by atoms with Gasteiger partial charge in [-0.1, -0.05) is 66.5 Å². The van der Waals surface area contributed by atoms with Crippen LogP contribution in [0.15, 0.2) is 91.2 Å². The molecule has 1 N–H and O–H groups in total. The number of anilines is 1. The van der Waals surface area contributed by atoms with Crippen LogP contribution in [0.3, 0.4) is 0 Å². The molecule has 0 bridgehead atoms. The minimum atomic E-state index is -1.15. The number of benzene rings is 2. The largest absolute Gasteiger partial charge is 0.505 e. The van der Waals surface area contributed by atoms with E-state index < -0.39 is 29.5 Å². The van der Waals surface area contributed by atoms with Crippen molar-refractivity contribution in [3.05, 3.63) is 124 Å². The molecule has 4 heterocycles. The molecule has 1 aliphatic rings. The average molecular weight is 651 g/mol. The average Bonchev–Trinajstić information content (AvgIpc) is 3.72. The molecule has 5 aromatic rings. The number of thiazole rings is 1. The van der Waals surface area contributed by atoms with Crippen molar-refractivity contribution >= 4 is 45.5 Å². The Bertz CT molecular complexity index is 2060. The number of Topliss-reactive ketones (excluding diaryl/α,β-unsaturated/α-hetero) is 1. The van der Waals surface area contributed by atoms with Gasteiger partial charge in [-0.3, -0.25) is 18.9 Å². The van der Waals surface area contributed by atoms with Crippen LogP contribution in [-0.4, -0.2) is 50.9 Å². The lowest BCUT2D eigenvalue weighted by Crippen LogP contribution is -2.29. The number of nitrogens with zero attached hydrogens (tertiary/aromatic N) is 4. The molecule has 1 fully saturated rings. The number of esters is 1. The van der Waals surface area contributed by atoms with Gasteiger partial charge < -0.3 is 19.3 Å². The number of aromatic nitrogens is 3. The quantitative estimate of drug-likeness (QED) is 0.0639. The predicted octanol–water partition coefficient (Wildman–Crippen LogP) is 5.96. The Morgan fingerprint density at radius 3 is 2.53 bits per heavy atom. The molecule has 1 aliphatic heterocycles. The highest BCUT2D eigenvalue weighted by Crippen LogP contribution is 2.46. The van der Waals surface area contributed by atoms with Crippen molar-refractivity contribution in [3.8, 4) is 11.5 Å². The summed E-state index contributed by atoms with van der Waals surface area (Å²) < 4.78 is 18.6. The minimum absolute atomic E-state index is 0.00678. The third kappa shape index (κ3) is 5.74. The van der Waals surface area contributed by atoms with Gasteiger partial charge >= 0.3 is 11.9 Å². The molecular formula is C35H30N4O7S. The van der Waals surface area contributed by atoms with E-state index in [-0.39, 0.29) is 34.5 Å². The Kier molecular flexibility index (Phi) is 8.59. The van der Waals surface area contributed by atoms with E-state index in [1.54, 1.807) is 60.8 Å². The van der Waals surface area contributed by atoms with Crippen LogP contribution in [0.5, 0.6) is 11.5 Å². The third-order valence-electron chi connectivity index (χ3n) is 7.62. The number of ether oxygens (including phenoxy) is 3. The van der Waals surface area contributed by atoms with E-state index in [0.29, 0.717) is 34.1 Å². The van der Waals surface area contributed by atoms with Crippen molar-refractivity contribution in [1.82, 2.24) is 14.4 Å². The number of aliphatic hydroxyl groups excluding tert-OH is 1. The van der Waals surface area contributed by atoms with Crippen LogP contribution in [0.2, 0.25) is 0 Å². The zero-order valence-electron chi connectivity index (χ0n) is 25.8. The molecular weight excluding hydrogens is 620 g/mol. The molecule has 1 amide bonds. The SMILES string of the molecule is C=CCOC(=O)c1sc(N2C(=O)C(=O)C(=C(O)c3c(C)nc4ccccn34)C2c2ccc(OCc3ccccc3)c(OC)c2)nc1C. The Balaban J connectivity index is 1.50. The highest BCUT2D eigenvalue weighted by Gasteiger charge is 2.49. The van der Waals surface area contributed by atoms with Crippen LogP contribution in [0.25, 0.3) is 11.4 Å². The summed E-state index contributed by atoms with van der Waals surface area (Å²) in [7, 11) is 1.48. The molecule has 0 radical (unpaired) electrons. The van der Waals surface area contributed by atoms with E-state index in [9.17, 15) is 19.5 Å². The maximum absolute atomic E-state index is 13.9.